The number of nitrogens with one attached hydrogen (secondary N) is 1. The first-order valence-electron chi connectivity index (χ1n) is 10.2. The van der Waals surface area contributed by atoms with E-state index in [1.807, 2.05) is 65.2 Å². The van der Waals surface area contributed by atoms with Gasteiger partial charge < -0.3 is 19.7 Å². The Kier molecular flexibility index (Phi) is 6.17. The standard InChI is InChI=1S/C25H23N3O4/c1-32-23-10-6-5-9-18(23)13-24(29)27-19-11-12-21-20(14-19)26-16-28(21)22(15-25(30)31)17-7-3-2-4-8-17/h2-12,14,16,22H,13,15H2,1H3,(H,27,29)(H,30,31). The van der Waals surface area contributed by atoms with Crippen LogP contribution >= 0.6 is 0 Å². The van der Waals surface area contributed by atoms with Crippen molar-refractivity contribution in [1.29, 1.82) is 0 Å². The quantitative estimate of drug-likeness (QED) is 0.436. The van der Waals surface area contributed by atoms with Crippen molar-refractivity contribution in [3.05, 3.63) is 90.3 Å². The topological polar surface area (TPSA) is 93.5 Å². The van der Waals surface area contributed by atoms with Gasteiger partial charge in [-0.2, -0.15) is 0 Å². The maximum Gasteiger partial charge on any atom is 0.305 e. The first-order chi connectivity index (χ1) is 15.5. The predicted octanol–water partition coefficient (Wildman–Crippen LogP) is 4.29. The monoisotopic (exact) mass is 429 g/mol. The Morgan fingerprint density at radius 1 is 1.06 bits per heavy atom. The molecule has 0 bridgehead atoms. The fourth-order valence-electron chi connectivity index (χ4n) is 3.80. The number of rotatable bonds is 8. The zero-order valence-corrected chi connectivity index (χ0v) is 17.6. The molecular weight excluding hydrogens is 406 g/mol. The molecule has 4 rings (SSSR count). The number of carboxylic acid groups (broad SMARTS) is 1. The van der Waals surface area contributed by atoms with Crippen LogP contribution in [0.25, 0.3) is 11.0 Å². The van der Waals surface area contributed by atoms with Crippen molar-refractivity contribution in [3.63, 3.8) is 0 Å². The first-order valence-corrected chi connectivity index (χ1v) is 10.2. The van der Waals surface area contributed by atoms with Gasteiger partial charge in [-0.15, -0.1) is 0 Å². The molecule has 1 aromatic heterocycles. The lowest BCUT2D eigenvalue weighted by atomic mass is 10.0. The minimum atomic E-state index is -0.888. The normalized spacial score (nSPS) is 11.8. The number of anilines is 1. The third-order valence-electron chi connectivity index (χ3n) is 5.29. The zero-order chi connectivity index (χ0) is 22.5. The number of carbonyl (C=O) groups excluding carboxylic acids is 1. The van der Waals surface area contributed by atoms with E-state index in [0.29, 0.717) is 17.0 Å². The number of methoxy groups -OCH3 is 1. The molecule has 1 unspecified atom stereocenters. The van der Waals surface area contributed by atoms with Crippen LogP contribution in [0.1, 0.15) is 23.6 Å². The lowest BCUT2D eigenvalue weighted by Crippen LogP contribution is -2.15. The van der Waals surface area contributed by atoms with Crippen LogP contribution < -0.4 is 10.1 Å². The number of aliphatic carboxylic acids is 1. The van der Waals surface area contributed by atoms with Crippen LogP contribution in [0.3, 0.4) is 0 Å². The molecule has 0 radical (unpaired) electrons. The van der Waals surface area contributed by atoms with Gasteiger partial charge in [-0.1, -0.05) is 48.5 Å². The van der Waals surface area contributed by atoms with E-state index in [4.69, 9.17) is 4.74 Å². The van der Waals surface area contributed by atoms with Crippen molar-refractivity contribution in [2.75, 3.05) is 12.4 Å². The van der Waals surface area contributed by atoms with Crippen molar-refractivity contribution in [2.45, 2.75) is 18.9 Å². The number of fused-ring (bicyclic) bond motifs is 1. The number of hydrogen-bond donors (Lipinski definition) is 2. The Balaban J connectivity index is 1.57. The molecule has 7 nitrogen and oxygen atoms in total. The van der Waals surface area contributed by atoms with Crippen molar-refractivity contribution < 1.29 is 19.4 Å². The fraction of sp³-hybridized carbons (Fsp3) is 0.160. The van der Waals surface area contributed by atoms with E-state index in [0.717, 1.165) is 16.6 Å². The molecule has 32 heavy (non-hydrogen) atoms. The van der Waals surface area contributed by atoms with E-state index in [-0.39, 0.29) is 24.8 Å². The average molecular weight is 429 g/mol. The minimum Gasteiger partial charge on any atom is -0.496 e. The Bertz CT molecular complexity index is 1250. The number of nitrogens with zero attached hydrogens (tertiary/aromatic N) is 2. The minimum absolute atomic E-state index is 0.0626. The smallest absolute Gasteiger partial charge is 0.305 e. The van der Waals surface area contributed by atoms with Gasteiger partial charge in [-0.05, 0) is 29.8 Å². The molecule has 0 aliphatic carbocycles. The molecular formula is C25H23N3O4. The maximum atomic E-state index is 12.5. The van der Waals surface area contributed by atoms with Gasteiger partial charge in [0.25, 0.3) is 0 Å². The van der Waals surface area contributed by atoms with Crippen LogP contribution in [0.15, 0.2) is 79.1 Å². The van der Waals surface area contributed by atoms with E-state index in [2.05, 4.69) is 10.3 Å². The second-order valence-electron chi connectivity index (χ2n) is 7.42. The number of carbonyl (C=O) groups is 2. The molecule has 1 atom stereocenters. The average Bonchev–Trinajstić information content (AvgIpc) is 3.21. The number of hydrogen-bond acceptors (Lipinski definition) is 4. The molecule has 1 heterocycles. The fourth-order valence-corrected chi connectivity index (χ4v) is 3.80. The van der Waals surface area contributed by atoms with Gasteiger partial charge in [-0.3, -0.25) is 9.59 Å². The first kappa shape index (κ1) is 21.1. The number of imidazole rings is 1. The number of ether oxygens (including phenoxy) is 1. The highest BCUT2D eigenvalue weighted by Gasteiger charge is 2.20. The third kappa shape index (κ3) is 4.62. The number of aromatic nitrogens is 2. The second kappa shape index (κ2) is 9.34. The van der Waals surface area contributed by atoms with Gasteiger partial charge in [0.15, 0.2) is 0 Å². The zero-order valence-electron chi connectivity index (χ0n) is 17.6. The number of amides is 1. The summed E-state index contributed by atoms with van der Waals surface area (Å²) in [5, 5.41) is 12.3. The number of carboxylic acids is 1. The molecule has 0 spiro atoms. The number of para-hydroxylation sites is 1. The molecule has 1 amide bonds. The van der Waals surface area contributed by atoms with Crippen LogP contribution in [0.4, 0.5) is 5.69 Å². The summed E-state index contributed by atoms with van der Waals surface area (Å²) in [5.41, 5.74) is 3.78. The van der Waals surface area contributed by atoms with Gasteiger partial charge in [0.2, 0.25) is 5.91 Å². The van der Waals surface area contributed by atoms with Crippen LogP contribution in [0, 0.1) is 0 Å². The SMILES string of the molecule is COc1ccccc1CC(=O)Nc1ccc2c(c1)ncn2C(CC(=O)O)c1ccccc1. The molecule has 0 saturated carbocycles. The van der Waals surface area contributed by atoms with E-state index < -0.39 is 5.97 Å². The molecule has 0 aliphatic heterocycles. The molecule has 3 aromatic carbocycles. The predicted molar refractivity (Wildman–Crippen MR) is 122 cm³/mol. The Morgan fingerprint density at radius 3 is 2.56 bits per heavy atom. The molecule has 0 fully saturated rings. The van der Waals surface area contributed by atoms with Gasteiger partial charge in [0.1, 0.15) is 5.75 Å². The van der Waals surface area contributed by atoms with E-state index >= 15 is 0 Å². The molecule has 2 N–H and O–H groups in total. The largest absolute Gasteiger partial charge is 0.496 e. The summed E-state index contributed by atoms with van der Waals surface area (Å²) >= 11 is 0. The van der Waals surface area contributed by atoms with E-state index in [1.165, 1.54) is 0 Å². The Hall–Kier alpha value is -4.13. The van der Waals surface area contributed by atoms with E-state index in [9.17, 15) is 14.7 Å². The summed E-state index contributed by atoms with van der Waals surface area (Å²) in [4.78, 5) is 28.5. The number of benzene rings is 3. The summed E-state index contributed by atoms with van der Waals surface area (Å²) in [5.74, 6) is -0.385. The Labute approximate surface area is 185 Å². The molecule has 0 aliphatic rings. The molecule has 4 aromatic rings. The van der Waals surface area contributed by atoms with Crippen molar-refractivity contribution in [3.8, 4) is 5.75 Å². The van der Waals surface area contributed by atoms with Gasteiger partial charge in [0.05, 0.1) is 43.4 Å². The van der Waals surface area contributed by atoms with E-state index in [1.54, 1.807) is 25.6 Å². The van der Waals surface area contributed by atoms with Crippen LogP contribution in [0.2, 0.25) is 0 Å². The van der Waals surface area contributed by atoms with Gasteiger partial charge in [-0.25, -0.2) is 4.98 Å². The lowest BCUT2D eigenvalue weighted by Gasteiger charge is -2.18. The summed E-state index contributed by atoms with van der Waals surface area (Å²) in [6.07, 6.45) is 1.77. The van der Waals surface area contributed by atoms with Crippen molar-refractivity contribution in [2.24, 2.45) is 0 Å². The summed E-state index contributed by atoms with van der Waals surface area (Å²) < 4.78 is 7.17. The highest BCUT2D eigenvalue weighted by Crippen LogP contribution is 2.28. The van der Waals surface area contributed by atoms with Crippen LogP contribution in [-0.2, 0) is 16.0 Å². The summed E-state index contributed by atoms with van der Waals surface area (Å²) in [6, 6.07) is 21.9. The molecule has 0 saturated heterocycles. The second-order valence-corrected chi connectivity index (χ2v) is 7.42. The maximum absolute atomic E-state index is 12.5. The van der Waals surface area contributed by atoms with Crippen molar-refractivity contribution >= 4 is 28.6 Å². The van der Waals surface area contributed by atoms with Gasteiger partial charge in [0, 0.05) is 11.3 Å². The van der Waals surface area contributed by atoms with Crippen molar-refractivity contribution in [1.82, 2.24) is 9.55 Å². The highest BCUT2D eigenvalue weighted by molar-refractivity contribution is 5.94. The van der Waals surface area contributed by atoms with Crippen LogP contribution in [-0.4, -0.2) is 33.6 Å². The van der Waals surface area contributed by atoms with Crippen LogP contribution in [0.5, 0.6) is 5.75 Å². The third-order valence-corrected chi connectivity index (χ3v) is 5.29. The Morgan fingerprint density at radius 2 is 1.81 bits per heavy atom. The lowest BCUT2D eigenvalue weighted by molar-refractivity contribution is -0.137. The molecule has 162 valence electrons. The molecule has 7 heteroatoms. The summed E-state index contributed by atoms with van der Waals surface area (Å²) in [7, 11) is 1.58. The summed E-state index contributed by atoms with van der Waals surface area (Å²) in [6.45, 7) is 0. The highest BCUT2D eigenvalue weighted by atomic mass is 16.5. The van der Waals surface area contributed by atoms with Gasteiger partial charge >= 0.3 is 5.97 Å².